The maximum absolute atomic E-state index is 2.49. The van der Waals surface area contributed by atoms with Crippen LogP contribution in [0.5, 0.6) is 0 Å². The summed E-state index contributed by atoms with van der Waals surface area (Å²) in [6.45, 7) is 4.82. The molecule has 1 aliphatic carbocycles. The summed E-state index contributed by atoms with van der Waals surface area (Å²) in [4.78, 5) is 2.49. The monoisotopic (exact) mass is 1060 g/mol. The van der Waals surface area contributed by atoms with Crippen molar-refractivity contribution in [3.63, 3.8) is 0 Å². The van der Waals surface area contributed by atoms with E-state index in [1.54, 1.807) is 0 Å². The molecule has 0 spiro atoms. The number of fused-ring (bicyclic) bond motifs is 13. The first-order chi connectivity index (χ1) is 40.9. The lowest BCUT2D eigenvalue weighted by Gasteiger charge is -2.30. The largest absolute Gasteiger partial charge is 0.310 e. The summed E-state index contributed by atoms with van der Waals surface area (Å²) in [5.41, 5.74) is 23.7. The number of benzene rings is 13. The average Bonchev–Trinajstić information content (AvgIpc) is 2.47. The summed E-state index contributed by atoms with van der Waals surface area (Å²) in [5, 5.41) is 9.87. The molecule has 13 aromatic carbocycles. The number of hydrogen-bond donors (Lipinski definition) is 0. The van der Waals surface area contributed by atoms with Crippen LogP contribution in [0.2, 0.25) is 0 Å². The molecule has 4 heteroatoms. The summed E-state index contributed by atoms with van der Waals surface area (Å²) in [6.07, 6.45) is 0. The van der Waals surface area contributed by atoms with Gasteiger partial charge in [-0.25, -0.2) is 0 Å². The van der Waals surface area contributed by atoms with Crippen molar-refractivity contribution in [3.8, 4) is 50.4 Å². The highest BCUT2D eigenvalue weighted by molar-refractivity contribution is 6.14. The Bertz CT molecular complexity index is 5230. The van der Waals surface area contributed by atoms with Gasteiger partial charge in [-0.1, -0.05) is 202 Å². The standard InChI is InChI=1S/C79H54N4/c1-79(2)69-47-52(54-37-43-68-66-28-12-16-30-72(66)82(78(68)49-54)56-21-7-4-8-22-56)35-41-59(69)60-44-40-58(50-70(60)79)80(75-45-46-76(64-24-10-9-23-63(64)75)83-73-31-17-13-25-61(73)62-26-14-18-32-74(62)83)57-38-33-51(34-39-57)53-36-42-67-65-27-11-15-29-71(65)81(77(67)48-53)55-19-5-3-6-20-55/h3-50H,1-2H3. The van der Waals surface area contributed by atoms with E-state index in [2.05, 4.69) is 324 Å². The van der Waals surface area contributed by atoms with Crippen LogP contribution in [0.4, 0.5) is 17.1 Å². The normalized spacial score (nSPS) is 12.8. The van der Waals surface area contributed by atoms with Gasteiger partial charge >= 0.3 is 0 Å². The van der Waals surface area contributed by atoms with Gasteiger partial charge in [0.2, 0.25) is 0 Å². The van der Waals surface area contributed by atoms with Gasteiger partial charge in [-0.2, -0.15) is 0 Å². The molecule has 390 valence electrons. The Morgan fingerprint density at radius 2 is 0.651 bits per heavy atom. The molecule has 16 aromatic rings. The van der Waals surface area contributed by atoms with Crippen LogP contribution >= 0.6 is 0 Å². The SMILES string of the molecule is CC1(C)c2cc(-c3ccc4c5ccccc5n(-c5ccccc5)c4c3)ccc2-c2ccc(N(c3ccc(-c4ccc5c6ccccc6n(-c6ccccc6)c5c4)cc3)c3ccc(-n4c5ccccc5c5ccccc54)c4ccccc34)cc21. The molecular weight excluding hydrogens is 1000 g/mol. The van der Waals surface area contributed by atoms with Crippen molar-refractivity contribution in [2.75, 3.05) is 4.90 Å². The van der Waals surface area contributed by atoms with Crippen molar-refractivity contribution >= 4 is 93.3 Å². The molecule has 4 nitrogen and oxygen atoms in total. The van der Waals surface area contributed by atoms with Crippen molar-refractivity contribution in [1.29, 1.82) is 0 Å². The van der Waals surface area contributed by atoms with Crippen molar-refractivity contribution in [1.82, 2.24) is 13.7 Å². The minimum absolute atomic E-state index is 0.293. The van der Waals surface area contributed by atoms with Gasteiger partial charge in [0.25, 0.3) is 0 Å². The van der Waals surface area contributed by atoms with E-state index < -0.39 is 0 Å². The molecular formula is C79H54N4. The highest BCUT2D eigenvalue weighted by atomic mass is 15.1. The molecule has 0 saturated heterocycles. The third kappa shape index (κ3) is 7.12. The second kappa shape index (κ2) is 18.2. The van der Waals surface area contributed by atoms with E-state index in [1.807, 2.05) is 0 Å². The van der Waals surface area contributed by atoms with Crippen molar-refractivity contribution in [3.05, 3.63) is 302 Å². The maximum Gasteiger partial charge on any atom is 0.0547 e. The number of anilines is 3. The third-order valence-electron chi connectivity index (χ3n) is 18.0. The number of aromatic nitrogens is 3. The number of hydrogen-bond acceptors (Lipinski definition) is 1. The zero-order chi connectivity index (χ0) is 54.9. The number of rotatable bonds is 8. The minimum Gasteiger partial charge on any atom is -0.310 e. The van der Waals surface area contributed by atoms with Gasteiger partial charge in [0.15, 0.2) is 0 Å². The Morgan fingerprint density at radius 1 is 0.265 bits per heavy atom. The first-order valence-electron chi connectivity index (χ1n) is 28.8. The summed E-state index contributed by atoms with van der Waals surface area (Å²) < 4.78 is 7.27. The van der Waals surface area contributed by atoms with E-state index in [4.69, 9.17) is 0 Å². The maximum atomic E-state index is 2.49. The lowest BCUT2D eigenvalue weighted by molar-refractivity contribution is 0.660. The van der Waals surface area contributed by atoms with Crippen LogP contribution in [0.25, 0.3) is 127 Å². The van der Waals surface area contributed by atoms with Crippen LogP contribution in [0.1, 0.15) is 25.0 Å². The second-order valence-corrected chi connectivity index (χ2v) is 22.9. The zero-order valence-corrected chi connectivity index (χ0v) is 46.0. The Kier molecular flexibility index (Phi) is 10.3. The molecule has 0 saturated carbocycles. The third-order valence-corrected chi connectivity index (χ3v) is 18.0. The Morgan fingerprint density at radius 3 is 1.19 bits per heavy atom. The van der Waals surface area contributed by atoms with Gasteiger partial charge in [0, 0.05) is 71.3 Å². The van der Waals surface area contributed by atoms with Crippen LogP contribution < -0.4 is 4.90 Å². The van der Waals surface area contributed by atoms with E-state index in [0.29, 0.717) is 0 Å². The molecule has 0 bridgehead atoms. The predicted octanol–water partition coefficient (Wildman–Crippen LogP) is 21.2. The van der Waals surface area contributed by atoms with Crippen molar-refractivity contribution in [2.24, 2.45) is 0 Å². The molecule has 0 amide bonds. The minimum atomic E-state index is -0.293. The van der Waals surface area contributed by atoms with Gasteiger partial charge in [-0.15, -0.1) is 0 Å². The lowest BCUT2D eigenvalue weighted by atomic mass is 9.81. The average molecular weight is 1060 g/mol. The molecule has 1 aliphatic rings. The van der Waals surface area contributed by atoms with Crippen LogP contribution in [-0.2, 0) is 5.41 Å². The van der Waals surface area contributed by atoms with E-state index in [0.717, 1.165) is 39.7 Å². The Balaban J connectivity index is 0.809. The molecule has 17 rings (SSSR count). The second-order valence-electron chi connectivity index (χ2n) is 22.9. The summed E-state index contributed by atoms with van der Waals surface area (Å²) in [7, 11) is 0. The predicted molar refractivity (Wildman–Crippen MR) is 350 cm³/mol. The lowest BCUT2D eigenvalue weighted by Crippen LogP contribution is -2.17. The quantitative estimate of drug-likeness (QED) is 0.148. The topological polar surface area (TPSA) is 18.0 Å². The molecule has 0 aliphatic heterocycles. The van der Waals surface area contributed by atoms with Gasteiger partial charge in [0.1, 0.15) is 0 Å². The molecule has 0 N–H and O–H groups in total. The molecule has 83 heavy (non-hydrogen) atoms. The Hall–Kier alpha value is -10.7. The summed E-state index contributed by atoms with van der Waals surface area (Å²) in [5.74, 6) is 0. The van der Waals surface area contributed by atoms with E-state index in [9.17, 15) is 0 Å². The van der Waals surface area contributed by atoms with E-state index in [-0.39, 0.29) is 5.41 Å². The highest BCUT2D eigenvalue weighted by Gasteiger charge is 2.37. The van der Waals surface area contributed by atoms with E-state index in [1.165, 1.54) is 115 Å². The fourth-order valence-corrected chi connectivity index (χ4v) is 14.1. The van der Waals surface area contributed by atoms with Crippen LogP contribution in [0.15, 0.2) is 291 Å². The molecule has 3 heterocycles. The first-order valence-corrected chi connectivity index (χ1v) is 28.8. The van der Waals surface area contributed by atoms with Gasteiger partial charge in [-0.3, -0.25) is 0 Å². The Labute approximate surface area is 481 Å². The van der Waals surface area contributed by atoms with Crippen LogP contribution in [-0.4, -0.2) is 13.7 Å². The van der Waals surface area contributed by atoms with Gasteiger partial charge < -0.3 is 18.6 Å². The van der Waals surface area contributed by atoms with Gasteiger partial charge in [0.05, 0.1) is 44.5 Å². The van der Waals surface area contributed by atoms with Crippen LogP contribution in [0.3, 0.4) is 0 Å². The zero-order valence-electron chi connectivity index (χ0n) is 46.0. The molecule has 0 radical (unpaired) electrons. The fourth-order valence-electron chi connectivity index (χ4n) is 14.1. The smallest absolute Gasteiger partial charge is 0.0547 e. The highest BCUT2D eigenvalue weighted by Crippen LogP contribution is 2.53. The molecule has 0 fully saturated rings. The first kappa shape index (κ1) is 47.2. The number of nitrogens with zero attached hydrogens (tertiary/aromatic N) is 4. The van der Waals surface area contributed by atoms with Crippen LogP contribution in [0, 0.1) is 0 Å². The molecule has 3 aromatic heterocycles. The molecule has 0 atom stereocenters. The molecule has 0 unspecified atom stereocenters. The van der Waals surface area contributed by atoms with Gasteiger partial charge in [-0.05, 0) is 148 Å². The summed E-state index contributed by atoms with van der Waals surface area (Å²) in [6, 6.07) is 108. The fraction of sp³-hybridized carbons (Fsp3) is 0.0380. The van der Waals surface area contributed by atoms with Crippen molar-refractivity contribution < 1.29 is 0 Å². The van der Waals surface area contributed by atoms with E-state index >= 15 is 0 Å². The number of para-hydroxylation sites is 6. The van der Waals surface area contributed by atoms with Crippen molar-refractivity contribution in [2.45, 2.75) is 19.3 Å². The summed E-state index contributed by atoms with van der Waals surface area (Å²) >= 11 is 0.